The molecule has 1 aromatic heterocycles. The average molecular weight is 1040 g/mol. The number of amides is 4. The number of carbonyl (C=O) groups is 4. The standard InChI is InChI=1S/C29H37ClN4O5.C23H31N7O3S/c1-19(31)26(36)32-25(20(2)38-16-21-8-4-3-5-9-21)28(37)34-13-7-12-24(34)27-33-29(17-35,18-39-27)15-22-10-6-11-23(30)14-22;1-5-14-33-17(3)20(25-21(31)16(2)24-4)22(32)29-13-9-10-18(29)15-30-23(26-27-28-30)34-19-11-7-6-8-12-19/h3-6,8-11,14,19-20,24-25,35H,7,12-13,15-18,31H2,1-2H3,(H,32,36);1,6-8,11-12,16-18,20,24H,9-10,13-15H2,2-4H3,(H,25,31). The molecule has 6 N–H and O–H groups in total. The van der Waals surface area contributed by atoms with Gasteiger partial charge in [-0.2, -0.15) is 0 Å². The van der Waals surface area contributed by atoms with Crippen molar-refractivity contribution in [2.75, 3.05) is 40.0 Å². The Balaban J connectivity index is 0.000000241. The van der Waals surface area contributed by atoms with Crippen LogP contribution in [0.1, 0.15) is 64.5 Å². The number of carbonyl (C=O) groups excluding carboxylic acids is 4. The summed E-state index contributed by atoms with van der Waals surface area (Å²) in [5.74, 6) is 1.64. The van der Waals surface area contributed by atoms with Crippen LogP contribution >= 0.6 is 23.4 Å². The third kappa shape index (κ3) is 15.6. The summed E-state index contributed by atoms with van der Waals surface area (Å²) in [6.45, 7) is 8.68. The van der Waals surface area contributed by atoms with E-state index in [0.29, 0.717) is 55.2 Å². The van der Waals surface area contributed by atoms with E-state index in [4.69, 9.17) is 43.0 Å². The molecule has 9 atom stereocenters. The van der Waals surface area contributed by atoms with Gasteiger partial charge < -0.3 is 50.8 Å². The van der Waals surface area contributed by atoms with E-state index in [0.717, 1.165) is 35.3 Å². The minimum atomic E-state index is -0.941. The second kappa shape index (κ2) is 27.4. The van der Waals surface area contributed by atoms with Crippen LogP contribution in [0, 0.1) is 12.3 Å². The number of tetrazole rings is 1. The summed E-state index contributed by atoms with van der Waals surface area (Å²) >= 11 is 7.62. The number of ether oxygens (including phenoxy) is 3. The summed E-state index contributed by atoms with van der Waals surface area (Å²) in [6.07, 6.45) is 7.65. The highest BCUT2D eigenvalue weighted by Crippen LogP contribution is 2.31. The Kier molecular flexibility index (Phi) is 21.2. The largest absolute Gasteiger partial charge is 0.477 e. The lowest BCUT2D eigenvalue weighted by Crippen LogP contribution is -2.58. The smallest absolute Gasteiger partial charge is 0.248 e. The van der Waals surface area contributed by atoms with Gasteiger partial charge >= 0.3 is 0 Å². The summed E-state index contributed by atoms with van der Waals surface area (Å²) in [4.78, 5) is 62.0. The molecule has 0 saturated carbocycles. The lowest BCUT2D eigenvalue weighted by atomic mass is 9.93. The first-order valence-corrected chi connectivity index (χ1v) is 25.8. The number of nitrogens with one attached hydrogen (secondary N) is 3. The molecule has 21 heteroatoms. The number of likely N-dealkylation sites (tertiary alicyclic amines) is 2. The monoisotopic (exact) mass is 1040 g/mol. The van der Waals surface area contributed by atoms with E-state index in [1.54, 1.807) is 55.3 Å². The molecular weight excluding hydrogens is 974 g/mol. The number of aliphatic hydroxyl groups excluding tert-OH is 1. The van der Waals surface area contributed by atoms with Gasteiger partial charge in [0.25, 0.3) is 0 Å². The Morgan fingerprint density at radius 1 is 0.904 bits per heavy atom. The van der Waals surface area contributed by atoms with Crippen LogP contribution in [0.3, 0.4) is 0 Å². The Hall–Kier alpha value is -5.92. The molecule has 3 aliphatic rings. The quantitative estimate of drug-likeness (QED) is 0.0710. The number of rotatable bonds is 22. The van der Waals surface area contributed by atoms with E-state index in [1.165, 1.54) is 11.8 Å². The fraction of sp³-hybridized carbons (Fsp3) is 0.500. The normalized spacial score (nSPS) is 20.8. The molecule has 9 unspecified atom stereocenters. The van der Waals surface area contributed by atoms with Crippen molar-refractivity contribution in [2.24, 2.45) is 10.7 Å². The molecule has 2 fully saturated rings. The zero-order valence-corrected chi connectivity index (χ0v) is 43.6. The van der Waals surface area contributed by atoms with Crippen LogP contribution in [0.5, 0.6) is 0 Å². The average Bonchev–Trinajstić information content (AvgIpc) is 4.25. The topological polar surface area (TPSA) is 241 Å². The van der Waals surface area contributed by atoms with Gasteiger partial charge in [-0.3, -0.25) is 19.2 Å². The van der Waals surface area contributed by atoms with E-state index in [2.05, 4.69) is 37.4 Å². The highest BCUT2D eigenvalue weighted by molar-refractivity contribution is 7.99. The molecule has 0 aliphatic carbocycles. The number of aliphatic hydroxyl groups is 1. The van der Waals surface area contributed by atoms with Crippen LogP contribution in [0.4, 0.5) is 0 Å². The summed E-state index contributed by atoms with van der Waals surface area (Å²) in [7, 11) is 1.69. The van der Waals surface area contributed by atoms with Crippen molar-refractivity contribution in [3.05, 3.63) is 101 Å². The van der Waals surface area contributed by atoms with E-state index in [9.17, 15) is 24.3 Å². The molecule has 73 heavy (non-hydrogen) atoms. The van der Waals surface area contributed by atoms with Crippen molar-refractivity contribution in [1.29, 1.82) is 0 Å². The van der Waals surface area contributed by atoms with Gasteiger partial charge in [-0.15, -0.1) is 11.5 Å². The Morgan fingerprint density at radius 2 is 1.55 bits per heavy atom. The predicted molar refractivity (Wildman–Crippen MR) is 277 cm³/mol. The lowest BCUT2D eigenvalue weighted by Gasteiger charge is -2.32. The van der Waals surface area contributed by atoms with Gasteiger partial charge in [0.2, 0.25) is 34.7 Å². The van der Waals surface area contributed by atoms with Gasteiger partial charge in [-0.25, -0.2) is 9.67 Å². The summed E-state index contributed by atoms with van der Waals surface area (Å²) in [5, 5.41) is 32.2. The zero-order valence-electron chi connectivity index (χ0n) is 42.1. The minimum absolute atomic E-state index is 0.0521. The van der Waals surface area contributed by atoms with Crippen LogP contribution < -0.4 is 21.7 Å². The molecule has 0 spiro atoms. The summed E-state index contributed by atoms with van der Waals surface area (Å²) in [5.41, 5.74) is 6.84. The number of aromatic nitrogens is 4. The van der Waals surface area contributed by atoms with E-state index in [1.807, 2.05) is 78.9 Å². The summed E-state index contributed by atoms with van der Waals surface area (Å²) in [6, 6.07) is 23.4. The van der Waals surface area contributed by atoms with Crippen molar-refractivity contribution in [3.8, 4) is 12.3 Å². The molecule has 0 radical (unpaired) electrons. The maximum atomic E-state index is 13.9. The lowest BCUT2D eigenvalue weighted by molar-refractivity contribution is -0.141. The zero-order chi connectivity index (χ0) is 52.5. The number of nitrogens with zero attached hydrogens (tertiary/aromatic N) is 7. The highest BCUT2D eigenvalue weighted by atomic mass is 35.5. The van der Waals surface area contributed by atoms with E-state index >= 15 is 0 Å². The van der Waals surface area contributed by atoms with Crippen molar-refractivity contribution < 1.29 is 38.5 Å². The second-order valence-corrected chi connectivity index (χ2v) is 20.0. The Labute approximate surface area is 436 Å². The van der Waals surface area contributed by atoms with Gasteiger partial charge in [0.1, 0.15) is 36.9 Å². The number of halogens is 1. The molecule has 392 valence electrons. The third-order valence-corrected chi connectivity index (χ3v) is 14.2. The number of aliphatic imine (C=N–C) groups is 1. The summed E-state index contributed by atoms with van der Waals surface area (Å²) < 4.78 is 19.4. The number of terminal acetylenes is 1. The van der Waals surface area contributed by atoms with E-state index < -0.39 is 53.9 Å². The maximum Gasteiger partial charge on any atom is 0.248 e. The van der Waals surface area contributed by atoms with Crippen LogP contribution in [0.25, 0.3) is 0 Å². The van der Waals surface area contributed by atoms with Gasteiger partial charge in [-0.05, 0) is 118 Å². The molecular formula is C52H68ClN11O8S. The molecule has 2 saturated heterocycles. The molecule has 3 aliphatic heterocycles. The van der Waals surface area contributed by atoms with Gasteiger partial charge in [0.15, 0.2) is 0 Å². The fourth-order valence-corrected chi connectivity index (χ4v) is 9.71. The number of hydrogen-bond donors (Lipinski definition) is 5. The maximum absolute atomic E-state index is 13.9. The molecule has 19 nitrogen and oxygen atoms in total. The first-order chi connectivity index (χ1) is 35.1. The fourth-order valence-electron chi connectivity index (χ4n) is 8.70. The molecule has 4 amide bonds. The third-order valence-electron chi connectivity index (χ3n) is 13.0. The first-order valence-electron chi connectivity index (χ1n) is 24.6. The van der Waals surface area contributed by atoms with Gasteiger partial charge in [-0.1, -0.05) is 78.2 Å². The highest BCUT2D eigenvalue weighted by Gasteiger charge is 2.45. The Morgan fingerprint density at radius 3 is 2.22 bits per heavy atom. The second-order valence-electron chi connectivity index (χ2n) is 18.5. The molecule has 7 rings (SSSR count). The number of likely N-dealkylation sites (N-methyl/N-ethyl adjacent to an activating group) is 1. The van der Waals surface area contributed by atoms with Crippen molar-refractivity contribution in [1.82, 2.24) is 46.0 Å². The Bertz CT molecular complexity index is 2520. The van der Waals surface area contributed by atoms with Crippen LogP contribution in [0.15, 0.2) is 100.0 Å². The first kappa shape index (κ1) is 56.4. The van der Waals surface area contributed by atoms with E-state index in [-0.39, 0.29) is 43.6 Å². The van der Waals surface area contributed by atoms with Crippen LogP contribution in [0.2, 0.25) is 5.02 Å². The number of benzene rings is 3. The predicted octanol–water partition coefficient (Wildman–Crippen LogP) is 3.42. The molecule has 4 aromatic rings. The molecule has 0 bridgehead atoms. The minimum Gasteiger partial charge on any atom is -0.477 e. The SMILES string of the molecule is C#CCOC(C)C(NC(=O)C(C)NC)C(=O)N1CCCC1Cn1nnnc1Sc1ccccc1.CC(N)C(=O)NC(C(=O)N1CCCC1C1=NC(CO)(Cc2cccc(Cl)c2)CO1)C(C)OCc1ccccc1. The number of nitrogens with two attached hydrogens (primary N) is 1. The van der Waals surface area contributed by atoms with Gasteiger partial charge in [0, 0.05) is 29.4 Å². The molecule has 3 aromatic carbocycles. The van der Waals surface area contributed by atoms with Crippen molar-refractivity contribution in [3.63, 3.8) is 0 Å². The van der Waals surface area contributed by atoms with Crippen molar-refractivity contribution in [2.45, 2.75) is 137 Å². The molecule has 4 heterocycles. The van der Waals surface area contributed by atoms with Gasteiger partial charge in [0.05, 0.1) is 50.1 Å². The van der Waals surface area contributed by atoms with Crippen LogP contribution in [-0.4, -0.2) is 159 Å². The number of hydrogen-bond acceptors (Lipinski definition) is 15. The van der Waals surface area contributed by atoms with Crippen molar-refractivity contribution >= 4 is 52.9 Å². The van der Waals surface area contributed by atoms with Crippen LogP contribution in [-0.2, 0) is 53.0 Å².